The number of nitrogens with one attached hydrogen (secondary N) is 1. The highest BCUT2D eigenvalue weighted by Gasteiger charge is 2.34. The fraction of sp³-hybridized carbons (Fsp3) is 0.524. The number of hydrogen-bond donors (Lipinski definition) is 1. The molecule has 2 heterocycles. The van der Waals surface area contributed by atoms with Crippen molar-refractivity contribution in [3.63, 3.8) is 0 Å². The molecule has 1 aliphatic carbocycles. The summed E-state index contributed by atoms with van der Waals surface area (Å²) in [6.45, 7) is 0.465. The van der Waals surface area contributed by atoms with E-state index in [1.165, 1.54) is 22.9 Å². The molecule has 1 saturated heterocycles. The van der Waals surface area contributed by atoms with Crippen molar-refractivity contribution in [1.29, 1.82) is 0 Å². The number of aromatic nitrogens is 2. The summed E-state index contributed by atoms with van der Waals surface area (Å²) >= 11 is 0. The van der Waals surface area contributed by atoms with E-state index in [9.17, 15) is 17.6 Å². The van der Waals surface area contributed by atoms with E-state index in [1.54, 1.807) is 12.3 Å². The molecule has 0 radical (unpaired) electrons. The first-order valence-corrected chi connectivity index (χ1v) is 12.0. The van der Waals surface area contributed by atoms with Crippen molar-refractivity contribution in [3.05, 3.63) is 42.3 Å². The number of amides is 1. The predicted molar refractivity (Wildman–Crippen MR) is 111 cm³/mol. The van der Waals surface area contributed by atoms with E-state index in [1.807, 2.05) is 4.68 Å². The van der Waals surface area contributed by atoms with Crippen LogP contribution in [-0.2, 0) is 14.8 Å². The van der Waals surface area contributed by atoms with Crippen molar-refractivity contribution in [3.8, 4) is 0 Å². The molecule has 1 amide bonds. The number of anilines is 1. The highest BCUT2D eigenvalue weighted by molar-refractivity contribution is 7.89. The minimum absolute atomic E-state index is 0.0420. The quantitative estimate of drug-likeness (QED) is 0.780. The van der Waals surface area contributed by atoms with Crippen molar-refractivity contribution in [2.45, 2.75) is 55.9 Å². The van der Waals surface area contributed by atoms with Crippen LogP contribution in [0.5, 0.6) is 0 Å². The molecule has 4 rings (SSSR count). The molecular formula is C21H27FN4O3S. The second-order valence-corrected chi connectivity index (χ2v) is 10.0. The van der Waals surface area contributed by atoms with Crippen LogP contribution in [0.3, 0.4) is 0 Å². The van der Waals surface area contributed by atoms with Gasteiger partial charge >= 0.3 is 0 Å². The van der Waals surface area contributed by atoms with Crippen LogP contribution in [0.1, 0.15) is 51.0 Å². The molecular weight excluding hydrogens is 407 g/mol. The van der Waals surface area contributed by atoms with Crippen LogP contribution < -0.4 is 5.32 Å². The molecule has 1 saturated carbocycles. The van der Waals surface area contributed by atoms with Gasteiger partial charge in [0.25, 0.3) is 0 Å². The summed E-state index contributed by atoms with van der Waals surface area (Å²) in [7, 11) is -3.76. The Morgan fingerprint density at radius 2 is 1.77 bits per heavy atom. The van der Waals surface area contributed by atoms with Crippen LogP contribution in [-0.4, -0.2) is 41.5 Å². The molecule has 162 valence electrons. The van der Waals surface area contributed by atoms with Gasteiger partial charge in [0.1, 0.15) is 11.6 Å². The summed E-state index contributed by atoms with van der Waals surface area (Å²) < 4.78 is 42.2. The third kappa shape index (κ3) is 4.41. The van der Waals surface area contributed by atoms with Gasteiger partial charge in [0.2, 0.25) is 15.9 Å². The van der Waals surface area contributed by atoms with Crippen LogP contribution >= 0.6 is 0 Å². The molecule has 1 aromatic carbocycles. The Balaban J connectivity index is 1.44. The fourth-order valence-corrected chi connectivity index (χ4v) is 5.91. The van der Waals surface area contributed by atoms with Gasteiger partial charge in [-0.25, -0.2) is 17.5 Å². The van der Waals surface area contributed by atoms with Crippen molar-refractivity contribution in [1.82, 2.24) is 14.1 Å². The summed E-state index contributed by atoms with van der Waals surface area (Å²) in [5, 5.41) is 7.37. The standard InChI is InChI=1S/C21H27FN4O3S/c22-17-8-10-19(11-9-17)30(28,29)25-14-4-5-16(15-25)21(27)24-20-12-13-23-26(20)18-6-2-1-3-7-18/h8-13,16,18H,1-7,14-15H2,(H,24,27). The fourth-order valence-electron chi connectivity index (χ4n) is 4.39. The lowest BCUT2D eigenvalue weighted by Gasteiger charge is -2.31. The number of carbonyl (C=O) groups is 1. The SMILES string of the molecule is O=C(Nc1ccnn1C1CCCCC1)C1CCCN(S(=O)(=O)c2ccc(F)cc2)C1. The number of nitrogens with zero attached hydrogens (tertiary/aromatic N) is 3. The third-order valence-corrected chi connectivity index (χ3v) is 7.93. The molecule has 1 atom stereocenters. The zero-order valence-electron chi connectivity index (χ0n) is 16.8. The minimum Gasteiger partial charge on any atom is -0.311 e. The summed E-state index contributed by atoms with van der Waals surface area (Å²) in [6, 6.07) is 6.88. The molecule has 1 aliphatic heterocycles. The summed E-state index contributed by atoms with van der Waals surface area (Å²) in [5.41, 5.74) is 0. The zero-order valence-corrected chi connectivity index (χ0v) is 17.7. The van der Waals surface area contributed by atoms with E-state index in [2.05, 4.69) is 10.4 Å². The maximum atomic E-state index is 13.2. The lowest BCUT2D eigenvalue weighted by atomic mass is 9.95. The minimum atomic E-state index is -3.76. The maximum absolute atomic E-state index is 13.2. The van der Waals surface area contributed by atoms with Gasteiger partial charge in [-0.3, -0.25) is 4.79 Å². The molecule has 2 fully saturated rings. The number of carbonyl (C=O) groups excluding carboxylic acids is 1. The largest absolute Gasteiger partial charge is 0.311 e. The molecule has 1 N–H and O–H groups in total. The zero-order chi connectivity index (χ0) is 21.1. The number of hydrogen-bond acceptors (Lipinski definition) is 4. The summed E-state index contributed by atoms with van der Waals surface area (Å²) in [6.07, 6.45) is 8.58. The van der Waals surface area contributed by atoms with E-state index in [0.29, 0.717) is 31.2 Å². The Hall–Kier alpha value is -2.26. The number of rotatable bonds is 5. The molecule has 0 bridgehead atoms. The second-order valence-electron chi connectivity index (χ2n) is 8.10. The normalized spacial score (nSPS) is 21.4. The highest BCUT2D eigenvalue weighted by atomic mass is 32.2. The first-order chi connectivity index (χ1) is 14.4. The lowest BCUT2D eigenvalue weighted by Crippen LogP contribution is -2.43. The van der Waals surface area contributed by atoms with E-state index in [4.69, 9.17) is 0 Å². The van der Waals surface area contributed by atoms with Crippen LogP contribution in [0.25, 0.3) is 0 Å². The van der Waals surface area contributed by atoms with Crippen LogP contribution in [0.15, 0.2) is 41.4 Å². The number of benzene rings is 1. The van der Waals surface area contributed by atoms with Crippen LogP contribution in [0.4, 0.5) is 10.2 Å². The van der Waals surface area contributed by atoms with Gasteiger partial charge < -0.3 is 5.32 Å². The van der Waals surface area contributed by atoms with Gasteiger partial charge in [-0.2, -0.15) is 9.40 Å². The number of piperidine rings is 1. The van der Waals surface area contributed by atoms with Crippen molar-refractivity contribution < 1.29 is 17.6 Å². The van der Waals surface area contributed by atoms with Crippen LogP contribution in [0.2, 0.25) is 0 Å². The van der Waals surface area contributed by atoms with Crippen molar-refractivity contribution in [2.24, 2.45) is 5.92 Å². The van der Waals surface area contributed by atoms with Gasteiger partial charge in [0.05, 0.1) is 23.1 Å². The Kier molecular flexibility index (Phi) is 6.19. The Morgan fingerprint density at radius 3 is 2.50 bits per heavy atom. The third-order valence-electron chi connectivity index (χ3n) is 6.05. The monoisotopic (exact) mass is 434 g/mol. The Labute approximate surface area is 176 Å². The number of sulfonamides is 1. The average molecular weight is 435 g/mol. The highest BCUT2D eigenvalue weighted by Crippen LogP contribution is 2.30. The van der Waals surface area contributed by atoms with E-state index >= 15 is 0 Å². The smallest absolute Gasteiger partial charge is 0.243 e. The molecule has 7 nitrogen and oxygen atoms in total. The van der Waals surface area contributed by atoms with Crippen molar-refractivity contribution >= 4 is 21.7 Å². The molecule has 2 aliphatic rings. The van der Waals surface area contributed by atoms with Crippen LogP contribution in [0, 0.1) is 11.7 Å². The van der Waals surface area contributed by atoms with Crippen molar-refractivity contribution in [2.75, 3.05) is 18.4 Å². The van der Waals surface area contributed by atoms with Gasteiger partial charge in [-0.1, -0.05) is 19.3 Å². The molecule has 9 heteroatoms. The molecule has 0 spiro atoms. The molecule has 2 aromatic rings. The predicted octanol–water partition coefficient (Wildman–Crippen LogP) is 3.57. The average Bonchev–Trinajstić information content (AvgIpc) is 3.23. The first-order valence-electron chi connectivity index (χ1n) is 10.6. The first kappa shape index (κ1) is 21.0. The Morgan fingerprint density at radius 1 is 1.03 bits per heavy atom. The maximum Gasteiger partial charge on any atom is 0.243 e. The molecule has 1 aromatic heterocycles. The topological polar surface area (TPSA) is 84.3 Å². The van der Waals surface area contributed by atoms with Gasteiger partial charge in [-0.15, -0.1) is 0 Å². The van der Waals surface area contributed by atoms with Gasteiger partial charge in [0.15, 0.2) is 0 Å². The molecule has 30 heavy (non-hydrogen) atoms. The molecule has 1 unspecified atom stereocenters. The number of halogens is 1. The van der Waals surface area contributed by atoms with E-state index in [0.717, 1.165) is 37.8 Å². The van der Waals surface area contributed by atoms with E-state index in [-0.39, 0.29) is 17.3 Å². The van der Waals surface area contributed by atoms with Gasteiger partial charge in [-0.05, 0) is 49.9 Å². The lowest BCUT2D eigenvalue weighted by molar-refractivity contribution is -0.120. The summed E-state index contributed by atoms with van der Waals surface area (Å²) in [5.74, 6) is -0.444. The second kappa shape index (κ2) is 8.85. The van der Waals surface area contributed by atoms with E-state index < -0.39 is 21.8 Å². The Bertz CT molecular complexity index is 984. The summed E-state index contributed by atoms with van der Waals surface area (Å²) in [4.78, 5) is 13.0. The van der Waals surface area contributed by atoms with Gasteiger partial charge in [0, 0.05) is 19.2 Å².